The molecule has 30 heavy (non-hydrogen) atoms. The predicted molar refractivity (Wildman–Crippen MR) is 116 cm³/mol. The van der Waals surface area contributed by atoms with Gasteiger partial charge >= 0.3 is 6.03 Å². The molecule has 3 aliphatic heterocycles. The van der Waals surface area contributed by atoms with E-state index in [1.54, 1.807) is 28.2 Å². The Hall–Kier alpha value is -2.64. The number of hydrogen-bond donors (Lipinski definition) is 2. The molecule has 5 rings (SSSR count). The summed E-state index contributed by atoms with van der Waals surface area (Å²) in [4.78, 5) is 31.2. The molecule has 6 nitrogen and oxygen atoms in total. The molecule has 2 N–H and O–H groups in total. The molecule has 1 fully saturated rings. The smallest absolute Gasteiger partial charge is 0.322 e. The number of nitrogens with one attached hydrogen (secondary N) is 2. The Kier molecular flexibility index (Phi) is 5.08. The summed E-state index contributed by atoms with van der Waals surface area (Å²) in [6, 6.07) is 12.4. The van der Waals surface area contributed by atoms with E-state index < -0.39 is 0 Å². The van der Waals surface area contributed by atoms with Gasteiger partial charge in [-0.15, -0.1) is 0 Å². The van der Waals surface area contributed by atoms with Crippen molar-refractivity contribution in [2.75, 3.05) is 26.7 Å². The number of likely N-dealkylation sites (N-methyl/N-ethyl adjacent to an activating group) is 1. The highest BCUT2D eigenvalue weighted by atomic mass is 32.1. The number of rotatable bonds is 4. The maximum Gasteiger partial charge on any atom is 0.322 e. The zero-order valence-corrected chi connectivity index (χ0v) is 18.0. The van der Waals surface area contributed by atoms with Crippen LogP contribution in [0.25, 0.3) is 0 Å². The summed E-state index contributed by atoms with van der Waals surface area (Å²) in [7, 11) is 1.76. The molecule has 0 aliphatic carbocycles. The summed E-state index contributed by atoms with van der Waals surface area (Å²) in [6.45, 7) is 3.71. The number of quaternary nitrogens is 1. The van der Waals surface area contributed by atoms with Crippen molar-refractivity contribution in [1.82, 2.24) is 15.1 Å². The van der Waals surface area contributed by atoms with Crippen molar-refractivity contribution in [3.8, 4) is 0 Å². The molecule has 3 amide bonds. The van der Waals surface area contributed by atoms with E-state index in [2.05, 4.69) is 35.6 Å². The van der Waals surface area contributed by atoms with Gasteiger partial charge in [-0.2, -0.15) is 11.3 Å². The maximum absolute atomic E-state index is 13.5. The highest BCUT2D eigenvalue weighted by Crippen LogP contribution is 2.37. The Balaban J connectivity index is 1.29. The van der Waals surface area contributed by atoms with Crippen molar-refractivity contribution in [3.05, 3.63) is 69.6 Å². The van der Waals surface area contributed by atoms with Crippen LogP contribution in [-0.2, 0) is 11.3 Å². The van der Waals surface area contributed by atoms with Crippen LogP contribution in [0.2, 0.25) is 0 Å². The number of thiophene rings is 1. The Bertz CT molecular complexity index is 964. The molecule has 1 aromatic carbocycles. The van der Waals surface area contributed by atoms with Gasteiger partial charge in [-0.05, 0) is 22.4 Å². The first kappa shape index (κ1) is 19.3. The zero-order valence-electron chi connectivity index (χ0n) is 17.1. The molecule has 3 aliphatic rings. The van der Waals surface area contributed by atoms with Gasteiger partial charge in [0.2, 0.25) is 0 Å². The van der Waals surface area contributed by atoms with Gasteiger partial charge in [-0.25, -0.2) is 4.79 Å². The van der Waals surface area contributed by atoms with E-state index in [9.17, 15) is 9.59 Å². The van der Waals surface area contributed by atoms with Crippen LogP contribution in [0.15, 0.2) is 58.4 Å². The number of benzene rings is 1. The minimum absolute atomic E-state index is 0.0876. The van der Waals surface area contributed by atoms with Crippen LogP contribution in [0.1, 0.15) is 30.0 Å². The molecule has 156 valence electrons. The summed E-state index contributed by atoms with van der Waals surface area (Å²) < 4.78 is 0. The second-order valence-corrected chi connectivity index (χ2v) is 9.22. The van der Waals surface area contributed by atoms with E-state index in [0.29, 0.717) is 6.54 Å². The highest BCUT2D eigenvalue weighted by molar-refractivity contribution is 7.08. The molecule has 0 spiro atoms. The quantitative estimate of drug-likeness (QED) is 0.788. The van der Waals surface area contributed by atoms with Crippen molar-refractivity contribution < 1.29 is 14.5 Å². The van der Waals surface area contributed by atoms with Crippen LogP contribution in [0.5, 0.6) is 0 Å². The summed E-state index contributed by atoms with van der Waals surface area (Å²) in [5.74, 6) is 0.0876. The molecule has 0 radical (unpaired) electrons. The van der Waals surface area contributed by atoms with E-state index in [1.165, 1.54) is 5.56 Å². The third-order valence-electron chi connectivity index (χ3n) is 6.66. The number of amides is 3. The largest absolute Gasteiger partial charge is 0.331 e. The molecule has 0 unspecified atom stereocenters. The first-order valence-electron chi connectivity index (χ1n) is 10.6. The van der Waals surface area contributed by atoms with Crippen molar-refractivity contribution in [2.24, 2.45) is 0 Å². The van der Waals surface area contributed by atoms with Crippen molar-refractivity contribution in [3.63, 3.8) is 0 Å². The van der Waals surface area contributed by atoms with Crippen LogP contribution in [0.3, 0.4) is 0 Å². The van der Waals surface area contributed by atoms with Gasteiger partial charge in [-0.1, -0.05) is 30.3 Å². The third-order valence-corrected chi connectivity index (χ3v) is 7.37. The SMILES string of the molecule is CN1C(=O)N[C@@H](c2ccsc2)C2=C1CN(C1CC[NH+](Cc3ccccc3)CC1)C2=O. The lowest BCUT2D eigenvalue weighted by Crippen LogP contribution is -3.12. The van der Waals surface area contributed by atoms with E-state index in [0.717, 1.165) is 49.3 Å². The molecular formula is C23H27N4O2S+. The first-order chi connectivity index (χ1) is 14.6. The van der Waals surface area contributed by atoms with Gasteiger partial charge in [0.1, 0.15) is 6.54 Å². The Morgan fingerprint density at radius 1 is 1.13 bits per heavy atom. The molecule has 0 bridgehead atoms. The molecule has 2 aromatic rings. The summed E-state index contributed by atoms with van der Waals surface area (Å²) in [5.41, 5.74) is 3.96. The third kappa shape index (κ3) is 3.42. The van der Waals surface area contributed by atoms with Crippen molar-refractivity contribution >= 4 is 23.3 Å². The minimum atomic E-state index is -0.337. The standard InChI is InChI=1S/C23H26N4O2S/c1-25-19-14-27(18-7-10-26(11-8-18)13-16-5-3-2-4-6-16)22(28)20(19)21(24-23(25)29)17-9-12-30-15-17/h2-6,9,12,15,18,21H,7-8,10-11,13-14H2,1H3,(H,24,29)/p+1/t21-/m0/s1. The van der Waals surface area contributed by atoms with Gasteiger partial charge in [0.05, 0.1) is 36.9 Å². The van der Waals surface area contributed by atoms with E-state index in [1.807, 2.05) is 21.7 Å². The van der Waals surface area contributed by atoms with Crippen LogP contribution in [0, 0.1) is 0 Å². The molecule has 1 saturated heterocycles. The normalized spacial score (nSPS) is 26.8. The first-order valence-corrected chi connectivity index (χ1v) is 11.5. The van der Waals surface area contributed by atoms with E-state index >= 15 is 0 Å². The highest BCUT2D eigenvalue weighted by Gasteiger charge is 2.45. The van der Waals surface area contributed by atoms with Crippen LogP contribution in [-0.4, -0.2) is 54.5 Å². The van der Waals surface area contributed by atoms with Crippen molar-refractivity contribution in [1.29, 1.82) is 0 Å². The zero-order chi connectivity index (χ0) is 20.7. The summed E-state index contributed by atoms with van der Waals surface area (Å²) in [5, 5.41) is 7.02. The fraction of sp³-hybridized carbons (Fsp3) is 0.391. The fourth-order valence-corrected chi connectivity index (χ4v) is 5.64. The number of likely N-dealkylation sites (tertiary alicyclic amines) is 1. The molecule has 4 heterocycles. The number of nitrogens with zero attached hydrogens (tertiary/aromatic N) is 2. The van der Waals surface area contributed by atoms with Gasteiger partial charge in [0.25, 0.3) is 5.91 Å². The van der Waals surface area contributed by atoms with Crippen LogP contribution < -0.4 is 10.2 Å². The molecule has 1 atom stereocenters. The topological polar surface area (TPSA) is 57.1 Å². The van der Waals surface area contributed by atoms with Gasteiger partial charge in [0.15, 0.2) is 0 Å². The molecule has 1 aromatic heterocycles. The number of hydrogen-bond acceptors (Lipinski definition) is 3. The fourth-order valence-electron chi connectivity index (χ4n) is 4.96. The maximum atomic E-state index is 13.5. The lowest BCUT2D eigenvalue weighted by Gasteiger charge is -2.35. The Morgan fingerprint density at radius 3 is 2.60 bits per heavy atom. The minimum Gasteiger partial charge on any atom is -0.331 e. The molecule has 7 heteroatoms. The second kappa shape index (κ2) is 7.89. The van der Waals surface area contributed by atoms with Gasteiger partial charge < -0.3 is 15.1 Å². The number of piperidine rings is 1. The monoisotopic (exact) mass is 423 g/mol. The molecular weight excluding hydrogens is 396 g/mol. The van der Waals surface area contributed by atoms with Gasteiger partial charge in [0, 0.05) is 31.5 Å². The summed E-state index contributed by atoms with van der Waals surface area (Å²) >= 11 is 1.59. The van der Waals surface area contributed by atoms with Crippen molar-refractivity contribution in [2.45, 2.75) is 31.5 Å². The Morgan fingerprint density at radius 2 is 1.90 bits per heavy atom. The van der Waals surface area contributed by atoms with Gasteiger partial charge in [-0.3, -0.25) is 9.69 Å². The average Bonchev–Trinajstić information content (AvgIpc) is 3.41. The van der Waals surface area contributed by atoms with Crippen LogP contribution in [0.4, 0.5) is 4.79 Å². The van der Waals surface area contributed by atoms with E-state index in [-0.39, 0.29) is 24.0 Å². The second-order valence-electron chi connectivity index (χ2n) is 8.44. The number of carbonyl (C=O) groups is 2. The average molecular weight is 424 g/mol. The number of carbonyl (C=O) groups excluding carboxylic acids is 2. The van der Waals surface area contributed by atoms with E-state index in [4.69, 9.17) is 0 Å². The number of urea groups is 1. The Labute approximate surface area is 180 Å². The summed E-state index contributed by atoms with van der Waals surface area (Å²) in [6.07, 6.45) is 2.01. The van der Waals surface area contributed by atoms with Crippen LogP contribution >= 0.6 is 11.3 Å². The lowest BCUT2D eigenvalue weighted by molar-refractivity contribution is -0.919. The lowest BCUT2D eigenvalue weighted by atomic mass is 9.97. The molecule has 0 saturated carbocycles. The predicted octanol–water partition coefficient (Wildman–Crippen LogP) is 1.79.